The van der Waals surface area contributed by atoms with Gasteiger partial charge in [-0.2, -0.15) is 0 Å². The number of aromatic nitrogens is 3. The molecule has 6 nitrogen and oxygen atoms in total. The molecule has 2 aromatic heterocycles. The summed E-state index contributed by atoms with van der Waals surface area (Å²) < 4.78 is 13.1. The third-order valence-electron chi connectivity index (χ3n) is 3.97. The van der Waals surface area contributed by atoms with Gasteiger partial charge in [-0.05, 0) is 19.9 Å². The zero-order chi connectivity index (χ0) is 16.4. The van der Waals surface area contributed by atoms with Crippen LogP contribution in [0.5, 0.6) is 0 Å². The Bertz CT molecular complexity index is 828. The van der Waals surface area contributed by atoms with Gasteiger partial charge in [0.15, 0.2) is 5.82 Å². The maximum absolute atomic E-state index is 6.14. The summed E-state index contributed by atoms with van der Waals surface area (Å²) >= 11 is 0. The normalized spacial score (nSPS) is 13.0. The van der Waals surface area contributed by atoms with Crippen LogP contribution in [0.15, 0.2) is 24.3 Å². The number of anilines is 1. The summed E-state index contributed by atoms with van der Waals surface area (Å²) in [6.07, 6.45) is 0.0564. The van der Waals surface area contributed by atoms with Gasteiger partial charge in [-0.1, -0.05) is 18.2 Å². The first-order valence-electron chi connectivity index (χ1n) is 7.79. The van der Waals surface area contributed by atoms with Gasteiger partial charge in [-0.25, -0.2) is 9.97 Å². The fourth-order valence-electron chi connectivity index (χ4n) is 2.74. The second-order valence-electron chi connectivity index (χ2n) is 5.53. The lowest BCUT2D eigenvalue weighted by Crippen LogP contribution is -2.17. The Morgan fingerprint density at radius 3 is 2.78 bits per heavy atom. The summed E-state index contributed by atoms with van der Waals surface area (Å²) in [4.78, 5) is 9.15. The molecule has 0 radical (unpaired) electrons. The van der Waals surface area contributed by atoms with Crippen molar-refractivity contribution in [3.8, 4) is 0 Å². The minimum Gasteiger partial charge on any atom is -0.382 e. The number of ether oxygens (including phenoxy) is 2. The van der Waals surface area contributed by atoms with E-state index in [0.717, 1.165) is 27.8 Å². The van der Waals surface area contributed by atoms with E-state index in [1.165, 1.54) is 0 Å². The van der Waals surface area contributed by atoms with Crippen molar-refractivity contribution in [2.75, 3.05) is 19.5 Å². The van der Waals surface area contributed by atoms with Gasteiger partial charge < -0.3 is 19.8 Å². The van der Waals surface area contributed by atoms with Crippen LogP contribution in [-0.4, -0.2) is 34.4 Å². The van der Waals surface area contributed by atoms with Gasteiger partial charge in [0.1, 0.15) is 17.9 Å². The zero-order valence-electron chi connectivity index (χ0n) is 13.7. The van der Waals surface area contributed by atoms with Crippen LogP contribution in [0.25, 0.3) is 21.9 Å². The van der Waals surface area contributed by atoms with E-state index in [1.54, 1.807) is 7.11 Å². The molecule has 6 heteroatoms. The van der Waals surface area contributed by atoms with Crippen molar-refractivity contribution < 1.29 is 9.47 Å². The molecule has 0 aliphatic rings. The molecule has 0 fully saturated rings. The van der Waals surface area contributed by atoms with Gasteiger partial charge in [-0.3, -0.25) is 0 Å². The van der Waals surface area contributed by atoms with E-state index in [1.807, 2.05) is 38.1 Å². The molecule has 2 heterocycles. The Hall–Kier alpha value is -2.18. The maximum Gasteiger partial charge on any atom is 0.152 e. The van der Waals surface area contributed by atoms with Crippen LogP contribution in [0.4, 0.5) is 5.82 Å². The molecule has 0 bridgehead atoms. The van der Waals surface area contributed by atoms with Crippen molar-refractivity contribution in [2.24, 2.45) is 0 Å². The van der Waals surface area contributed by atoms with Crippen molar-refractivity contribution in [1.29, 1.82) is 0 Å². The fourth-order valence-corrected chi connectivity index (χ4v) is 2.74. The Kier molecular flexibility index (Phi) is 4.45. The van der Waals surface area contributed by atoms with E-state index in [0.29, 0.717) is 25.6 Å². The van der Waals surface area contributed by atoms with Gasteiger partial charge in [0.2, 0.25) is 0 Å². The molecule has 1 aromatic carbocycles. The van der Waals surface area contributed by atoms with E-state index >= 15 is 0 Å². The van der Waals surface area contributed by atoms with Crippen molar-refractivity contribution in [3.63, 3.8) is 0 Å². The van der Waals surface area contributed by atoms with Crippen LogP contribution < -0.4 is 5.73 Å². The first-order chi connectivity index (χ1) is 11.2. The van der Waals surface area contributed by atoms with Gasteiger partial charge >= 0.3 is 0 Å². The molecular weight excluding hydrogens is 292 g/mol. The van der Waals surface area contributed by atoms with Crippen molar-refractivity contribution >= 4 is 27.8 Å². The second-order valence-corrected chi connectivity index (χ2v) is 5.53. The number of pyridine rings is 1. The predicted molar refractivity (Wildman–Crippen MR) is 91.2 cm³/mol. The third-order valence-corrected chi connectivity index (χ3v) is 3.97. The molecule has 0 aliphatic carbocycles. The highest BCUT2D eigenvalue weighted by atomic mass is 16.5. The summed E-state index contributed by atoms with van der Waals surface area (Å²) in [6, 6.07) is 7.97. The van der Waals surface area contributed by atoms with Gasteiger partial charge in [-0.15, -0.1) is 0 Å². The monoisotopic (exact) mass is 314 g/mol. The van der Waals surface area contributed by atoms with E-state index in [4.69, 9.17) is 15.2 Å². The van der Waals surface area contributed by atoms with Crippen LogP contribution in [0.2, 0.25) is 0 Å². The molecule has 23 heavy (non-hydrogen) atoms. The van der Waals surface area contributed by atoms with Gasteiger partial charge in [0.25, 0.3) is 0 Å². The lowest BCUT2D eigenvalue weighted by Gasteiger charge is -2.15. The summed E-state index contributed by atoms with van der Waals surface area (Å²) in [5, 5.41) is 1.04. The third kappa shape index (κ3) is 2.87. The largest absolute Gasteiger partial charge is 0.382 e. The van der Waals surface area contributed by atoms with Crippen molar-refractivity contribution in [1.82, 2.24) is 14.5 Å². The first kappa shape index (κ1) is 15.7. The maximum atomic E-state index is 6.14. The molecule has 0 saturated heterocycles. The Balaban J connectivity index is 2.28. The average molecular weight is 314 g/mol. The molecule has 0 spiro atoms. The number of nitrogens with zero attached hydrogens (tertiary/aromatic N) is 3. The molecule has 0 aliphatic heterocycles. The molecule has 0 amide bonds. The SMILES string of the molecule is CCOCc1nc2c(N)nc3ccccc3c2n1CC(C)OC. The minimum atomic E-state index is 0.0564. The standard InChI is InChI=1S/C17H22N4O2/c1-4-23-10-14-20-15-16(21(14)9-11(2)22-3)12-7-5-6-8-13(12)19-17(15)18/h5-8,11H,4,9-10H2,1-3H3,(H2,18,19). The van der Waals surface area contributed by atoms with Crippen LogP contribution in [-0.2, 0) is 22.6 Å². The minimum absolute atomic E-state index is 0.0564. The summed E-state index contributed by atoms with van der Waals surface area (Å²) in [7, 11) is 1.71. The van der Waals surface area contributed by atoms with E-state index in [2.05, 4.69) is 14.5 Å². The highest BCUT2D eigenvalue weighted by Crippen LogP contribution is 2.29. The van der Waals surface area contributed by atoms with Crippen molar-refractivity contribution in [3.05, 3.63) is 30.1 Å². The second kappa shape index (κ2) is 6.52. The van der Waals surface area contributed by atoms with Gasteiger partial charge in [0.05, 0.1) is 23.7 Å². The van der Waals surface area contributed by atoms with Crippen molar-refractivity contribution in [2.45, 2.75) is 33.1 Å². The molecular formula is C17H22N4O2. The van der Waals surface area contributed by atoms with Crippen LogP contribution >= 0.6 is 0 Å². The molecule has 3 rings (SSSR count). The highest BCUT2D eigenvalue weighted by molar-refractivity contribution is 6.06. The van der Waals surface area contributed by atoms with Crippen LogP contribution in [0.3, 0.4) is 0 Å². The predicted octanol–water partition coefficient (Wildman–Crippen LogP) is 2.74. The lowest BCUT2D eigenvalue weighted by atomic mass is 10.2. The van der Waals surface area contributed by atoms with E-state index < -0.39 is 0 Å². The van der Waals surface area contributed by atoms with E-state index in [-0.39, 0.29) is 6.10 Å². The fraction of sp³-hybridized carbons (Fsp3) is 0.412. The zero-order valence-corrected chi connectivity index (χ0v) is 13.7. The Morgan fingerprint density at radius 2 is 2.04 bits per heavy atom. The number of methoxy groups -OCH3 is 1. The summed E-state index contributed by atoms with van der Waals surface area (Å²) in [5.74, 6) is 1.29. The number of fused-ring (bicyclic) bond motifs is 3. The number of nitrogen functional groups attached to an aromatic ring is 1. The van der Waals surface area contributed by atoms with E-state index in [9.17, 15) is 0 Å². The number of hydrogen-bond donors (Lipinski definition) is 1. The molecule has 1 atom stereocenters. The van der Waals surface area contributed by atoms with Crippen LogP contribution in [0, 0.1) is 0 Å². The quantitative estimate of drug-likeness (QED) is 0.757. The number of benzene rings is 1. The summed E-state index contributed by atoms with van der Waals surface area (Å²) in [6.45, 7) is 5.76. The average Bonchev–Trinajstić information content (AvgIpc) is 2.92. The topological polar surface area (TPSA) is 75.2 Å². The Morgan fingerprint density at radius 1 is 1.26 bits per heavy atom. The van der Waals surface area contributed by atoms with Crippen LogP contribution in [0.1, 0.15) is 19.7 Å². The molecule has 2 N–H and O–H groups in total. The number of para-hydroxylation sites is 1. The molecule has 122 valence electrons. The first-order valence-corrected chi connectivity index (χ1v) is 7.79. The Labute approximate surface area is 135 Å². The number of nitrogens with two attached hydrogens (primary N) is 1. The number of rotatable bonds is 6. The molecule has 3 aromatic rings. The number of imidazole rings is 1. The molecule has 0 saturated carbocycles. The summed E-state index contributed by atoms with van der Waals surface area (Å²) in [5.41, 5.74) is 8.72. The highest BCUT2D eigenvalue weighted by Gasteiger charge is 2.18. The lowest BCUT2D eigenvalue weighted by molar-refractivity contribution is 0.0960. The van der Waals surface area contributed by atoms with Gasteiger partial charge in [0, 0.05) is 19.1 Å². The number of hydrogen-bond acceptors (Lipinski definition) is 5. The smallest absolute Gasteiger partial charge is 0.152 e. The molecule has 1 unspecified atom stereocenters.